The quantitative estimate of drug-likeness (QED) is 0.901. The molecule has 0 saturated carbocycles. The fraction of sp³-hybridized carbons (Fsp3) is 0.429. The standard InChI is InChI=1S/C14H17BrN4O2/c15-11-3-1-2-10(6-11)14-17-13(21-18-14)9-19-4-5-20-12(7-16)8-19/h1-3,6,12H,4-5,7-9,16H2. The van der Waals surface area contributed by atoms with Crippen LogP contribution in [0.2, 0.25) is 0 Å². The number of ether oxygens (including phenoxy) is 1. The Bertz CT molecular complexity index is 604. The molecule has 0 aliphatic carbocycles. The van der Waals surface area contributed by atoms with Crippen LogP contribution in [0.15, 0.2) is 33.3 Å². The van der Waals surface area contributed by atoms with Gasteiger partial charge in [0, 0.05) is 29.7 Å². The minimum Gasteiger partial charge on any atom is -0.374 e. The fourth-order valence-electron chi connectivity index (χ4n) is 2.32. The van der Waals surface area contributed by atoms with Crippen LogP contribution < -0.4 is 5.73 Å². The van der Waals surface area contributed by atoms with Gasteiger partial charge in [0.05, 0.1) is 19.3 Å². The summed E-state index contributed by atoms with van der Waals surface area (Å²) in [5.74, 6) is 1.22. The van der Waals surface area contributed by atoms with E-state index in [-0.39, 0.29) is 6.10 Å². The Morgan fingerprint density at radius 2 is 2.33 bits per heavy atom. The lowest BCUT2D eigenvalue weighted by Gasteiger charge is -2.31. The summed E-state index contributed by atoms with van der Waals surface area (Å²) < 4.78 is 11.9. The molecular formula is C14H17BrN4O2. The van der Waals surface area contributed by atoms with Gasteiger partial charge in [-0.1, -0.05) is 33.2 Å². The number of morpholine rings is 1. The van der Waals surface area contributed by atoms with Gasteiger partial charge in [-0.25, -0.2) is 0 Å². The van der Waals surface area contributed by atoms with Crippen molar-refractivity contribution < 1.29 is 9.26 Å². The molecule has 0 radical (unpaired) electrons. The Labute approximate surface area is 131 Å². The molecule has 0 bridgehead atoms. The number of hydrogen-bond acceptors (Lipinski definition) is 6. The Balaban J connectivity index is 1.68. The molecule has 0 spiro atoms. The molecule has 1 aromatic carbocycles. The lowest BCUT2D eigenvalue weighted by molar-refractivity contribution is -0.0288. The third kappa shape index (κ3) is 3.68. The van der Waals surface area contributed by atoms with Crippen molar-refractivity contribution in [2.45, 2.75) is 12.6 Å². The third-order valence-electron chi connectivity index (χ3n) is 3.40. The highest BCUT2D eigenvalue weighted by Crippen LogP contribution is 2.20. The van der Waals surface area contributed by atoms with Crippen LogP contribution in [0.25, 0.3) is 11.4 Å². The Hall–Kier alpha value is -1.28. The van der Waals surface area contributed by atoms with Crippen molar-refractivity contribution in [3.8, 4) is 11.4 Å². The second-order valence-electron chi connectivity index (χ2n) is 4.99. The number of hydrogen-bond donors (Lipinski definition) is 1. The zero-order chi connectivity index (χ0) is 14.7. The maximum absolute atomic E-state index is 5.65. The first-order chi connectivity index (χ1) is 10.2. The number of benzene rings is 1. The molecule has 1 aliphatic rings. The molecule has 1 aromatic heterocycles. The summed E-state index contributed by atoms with van der Waals surface area (Å²) in [4.78, 5) is 6.68. The number of aromatic nitrogens is 2. The second-order valence-corrected chi connectivity index (χ2v) is 5.90. The second kappa shape index (κ2) is 6.65. The highest BCUT2D eigenvalue weighted by Gasteiger charge is 2.21. The van der Waals surface area contributed by atoms with Crippen molar-refractivity contribution in [3.05, 3.63) is 34.6 Å². The molecule has 1 aliphatic heterocycles. The maximum atomic E-state index is 5.65. The van der Waals surface area contributed by atoms with Gasteiger partial charge < -0.3 is 15.0 Å². The van der Waals surface area contributed by atoms with Crippen molar-refractivity contribution in [3.63, 3.8) is 0 Å². The van der Waals surface area contributed by atoms with Crippen molar-refractivity contribution in [2.24, 2.45) is 5.73 Å². The zero-order valence-corrected chi connectivity index (χ0v) is 13.1. The molecule has 6 nitrogen and oxygen atoms in total. The van der Waals surface area contributed by atoms with Crippen LogP contribution in [0.5, 0.6) is 0 Å². The summed E-state index contributed by atoms with van der Waals surface area (Å²) in [5.41, 5.74) is 6.58. The largest absolute Gasteiger partial charge is 0.374 e. The van der Waals surface area contributed by atoms with E-state index in [4.69, 9.17) is 15.0 Å². The highest BCUT2D eigenvalue weighted by molar-refractivity contribution is 9.10. The van der Waals surface area contributed by atoms with Crippen LogP contribution >= 0.6 is 15.9 Å². The fourth-order valence-corrected chi connectivity index (χ4v) is 2.72. The molecule has 1 saturated heterocycles. The number of nitrogens with two attached hydrogens (primary N) is 1. The first kappa shape index (κ1) is 14.6. The van der Waals surface area contributed by atoms with Crippen LogP contribution in [0.3, 0.4) is 0 Å². The first-order valence-electron chi connectivity index (χ1n) is 6.87. The highest BCUT2D eigenvalue weighted by atomic mass is 79.9. The van der Waals surface area contributed by atoms with Gasteiger partial charge in [-0.05, 0) is 12.1 Å². The zero-order valence-electron chi connectivity index (χ0n) is 11.5. The molecule has 1 fully saturated rings. The van der Waals surface area contributed by atoms with Crippen molar-refractivity contribution >= 4 is 15.9 Å². The van der Waals surface area contributed by atoms with Crippen LogP contribution in [-0.4, -0.2) is 47.4 Å². The Morgan fingerprint density at radius 1 is 1.43 bits per heavy atom. The minimum absolute atomic E-state index is 0.0891. The van der Waals surface area contributed by atoms with Crippen LogP contribution in [0, 0.1) is 0 Å². The van der Waals surface area contributed by atoms with E-state index in [2.05, 4.69) is 31.0 Å². The van der Waals surface area contributed by atoms with Crippen LogP contribution in [0.1, 0.15) is 5.89 Å². The lowest BCUT2D eigenvalue weighted by atomic mass is 10.2. The van der Waals surface area contributed by atoms with Crippen molar-refractivity contribution in [1.29, 1.82) is 0 Å². The van der Waals surface area contributed by atoms with E-state index in [1.165, 1.54) is 0 Å². The van der Waals surface area contributed by atoms with E-state index < -0.39 is 0 Å². The minimum atomic E-state index is 0.0891. The average Bonchev–Trinajstić information content (AvgIpc) is 2.96. The van der Waals surface area contributed by atoms with Crippen LogP contribution in [-0.2, 0) is 11.3 Å². The molecule has 0 amide bonds. The first-order valence-corrected chi connectivity index (χ1v) is 7.66. The molecule has 112 valence electrons. The Kier molecular flexibility index (Phi) is 4.64. The van der Waals surface area contributed by atoms with E-state index in [0.29, 0.717) is 31.4 Å². The average molecular weight is 353 g/mol. The van der Waals surface area contributed by atoms with E-state index >= 15 is 0 Å². The van der Waals surface area contributed by atoms with E-state index in [1.54, 1.807) is 0 Å². The summed E-state index contributed by atoms with van der Waals surface area (Å²) in [6.07, 6.45) is 0.0891. The molecule has 3 rings (SSSR count). The van der Waals surface area contributed by atoms with Gasteiger partial charge in [0.2, 0.25) is 11.7 Å². The van der Waals surface area contributed by atoms with E-state index in [1.807, 2.05) is 24.3 Å². The molecule has 2 aromatic rings. The lowest BCUT2D eigenvalue weighted by Crippen LogP contribution is -2.45. The van der Waals surface area contributed by atoms with Gasteiger partial charge in [-0.2, -0.15) is 4.98 Å². The predicted molar refractivity (Wildman–Crippen MR) is 81.5 cm³/mol. The summed E-state index contributed by atoms with van der Waals surface area (Å²) in [6.45, 7) is 3.50. The van der Waals surface area contributed by atoms with E-state index in [0.717, 1.165) is 23.1 Å². The number of rotatable bonds is 4. The SMILES string of the molecule is NCC1CN(Cc2nc(-c3cccc(Br)c3)no2)CCO1. The molecular weight excluding hydrogens is 336 g/mol. The maximum Gasteiger partial charge on any atom is 0.241 e. The van der Waals surface area contributed by atoms with Gasteiger partial charge in [-0.3, -0.25) is 4.90 Å². The summed E-state index contributed by atoms with van der Waals surface area (Å²) in [7, 11) is 0. The predicted octanol–water partition coefficient (Wildman–Crippen LogP) is 1.66. The monoisotopic (exact) mass is 352 g/mol. The summed E-state index contributed by atoms with van der Waals surface area (Å²) in [5, 5.41) is 4.04. The molecule has 2 N–H and O–H groups in total. The Morgan fingerprint density at radius 3 is 3.14 bits per heavy atom. The van der Waals surface area contributed by atoms with Gasteiger partial charge in [0.15, 0.2) is 0 Å². The molecule has 21 heavy (non-hydrogen) atoms. The van der Waals surface area contributed by atoms with Crippen LogP contribution in [0.4, 0.5) is 0 Å². The normalized spacial score (nSPS) is 19.8. The molecule has 1 unspecified atom stereocenters. The van der Waals surface area contributed by atoms with Gasteiger partial charge in [0.1, 0.15) is 0 Å². The van der Waals surface area contributed by atoms with Gasteiger partial charge >= 0.3 is 0 Å². The third-order valence-corrected chi connectivity index (χ3v) is 3.89. The smallest absolute Gasteiger partial charge is 0.241 e. The number of nitrogens with zero attached hydrogens (tertiary/aromatic N) is 3. The van der Waals surface area contributed by atoms with Crippen molar-refractivity contribution in [1.82, 2.24) is 15.0 Å². The molecule has 2 heterocycles. The molecule has 1 atom stereocenters. The van der Waals surface area contributed by atoms with E-state index in [9.17, 15) is 0 Å². The molecule has 7 heteroatoms. The topological polar surface area (TPSA) is 77.4 Å². The van der Waals surface area contributed by atoms with Crippen molar-refractivity contribution in [2.75, 3.05) is 26.2 Å². The van der Waals surface area contributed by atoms with Gasteiger partial charge in [0.25, 0.3) is 0 Å². The summed E-state index contributed by atoms with van der Waals surface area (Å²) >= 11 is 3.44. The summed E-state index contributed by atoms with van der Waals surface area (Å²) in [6, 6.07) is 7.83. The number of halogens is 1. The van der Waals surface area contributed by atoms with Gasteiger partial charge in [-0.15, -0.1) is 0 Å².